The standard InChI is InChI=1S/C24H18O/c1-25-24(19-11-3-2-4-12-19)22-14-8-7-13-20(22)21-15-17-9-5-6-10-18(17)16-23(21)24/h2-16H,1H3. The summed E-state index contributed by atoms with van der Waals surface area (Å²) in [6.07, 6.45) is 0. The maximum atomic E-state index is 6.29. The summed E-state index contributed by atoms with van der Waals surface area (Å²) in [5, 5.41) is 2.50. The fourth-order valence-electron chi connectivity index (χ4n) is 4.25. The van der Waals surface area contributed by atoms with Crippen molar-refractivity contribution in [2.45, 2.75) is 5.60 Å². The van der Waals surface area contributed by atoms with Crippen molar-refractivity contribution >= 4 is 10.8 Å². The predicted octanol–water partition coefficient (Wildman–Crippen LogP) is 5.76. The predicted molar refractivity (Wildman–Crippen MR) is 103 cm³/mol. The van der Waals surface area contributed by atoms with E-state index < -0.39 is 5.60 Å². The molecule has 0 saturated carbocycles. The Balaban J connectivity index is 1.94. The third-order valence-electron chi connectivity index (χ3n) is 5.35. The summed E-state index contributed by atoms with van der Waals surface area (Å²) in [5.41, 5.74) is 5.57. The molecule has 0 amide bonds. The van der Waals surface area contributed by atoms with E-state index in [9.17, 15) is 0 Å². The Bertz CT molecular complexity index is 1080. The van der Waals surface area contributed by atoms with Gasteiger partial charge in [0.2, 0.25) is 0 Å². The van der Waals surface area contributed by atoms with Gasteiger partial charge in [-0.05, 0) is 39.6 Å². The van der Waals surface area contributed by atoms with Crippen molar-refractivity contribution in [3.8, 4) is 11.1 Å². The lowest BCUT2D eigenvalue weighted by atomic mass is 9.83. The van der Waals surface area contributed by atoms with Crippen molar-refractivity contribution in [2.75, 3.05) is 7.11 Å². The van der Waals surface area contributed by atoms with Crippen LogP contribution >= 0.6 is 0 Å². The van der Waals surface area contributed by atoms with Crippen LogP contribution in [0.5, 0.6) is 0 Å². The highest BCUT2D eigenvalue weighted by molar-refractivity contribution is 5.94. The van der Waals surface area contributed by atoms with E-state index in [0.29, 0.717) is 0 Å². The lowest BCUT2D eigenvalue weighted by Gasteiger charge is -2.31. The summed E-state index contributed by atoms with van der Waals surface area (Å²) < 4.78 is 6.29. The minimum absolute atomic E-state index is 0.558. The molecule has 5 rings (SSSR count). The Labute approximate surface area is 147 Å². The highest BCUT2D eigenvalue weighted by Crippen LogP contribution is 2.53. The fraction of sp³-hybridized carbons (Fsp3) is 0.0833. The topological polar surface area (TPSA) is 9.23 Å². The molecule has 25 heavy (non-hydrogen) atoms. The van der Waals surface area contributed by atoms with Crippen LogP contribution in [-0.2, 0) is 10.3 Å². The van der Waals surface area contributed by atoms with E-state index in [1.54, 1.807) is 0 Å². The van der Waals surface area contributed by atoms with Gasteiger partial charge in [0.05, 0.1) is 0 Å². The van der Waals surface area contributed by atoms with Crippen LogP contribution in [0.25, 0.3) is 21.9 Å². The zero-order chi connectivity index (χ0) is 16.9. The number of fused-ring (bicyclic) bond motifs is 4. The van der Waals surface area contributed by atoms with Crippen LogP contribution in [-0.4, -0.2) is 7.11 Å². The minimum Gasteiger partial charge on any atom is -0.364 e. The van der Waals surface area contributed by atoms with E-state index in [1.165, 1.54) is 38.6 Å². The molecule has 1 atom stereocenters. The van der Waals surface area contributed by atoms with Crippen LogP contribution in [0.2, 0.25) is 0 Å². The van der Waals surface area contributed by atoms with Crippen molar-refractivity contribution < 1.29 is 4.74 Å². The number of ether oxygens (including phenoxy) is 1. The molecule has 0 radical (unpaired) electrons. The van der Waals surface area contributed by atoms with Gasteiger partial charge >= 0.3 is 0 Å². The second kappa shape index (κ2) is 5.30. The first-order valence-electron chi connectivity index (χ1n) is 8.58. The Kier molecular flexibility index (Phi) is 3.06. The van der Waals surface area contributed by atoms with E-state index in [4.69, 9.17) is 4.74 Å². The summed E-state index contributed by atoms with van der Waals surface area (Å²) in [4.78, 5) is 0. The second-order valence-corrected chi connectivity index (χ2v) is 6.54. The van der Waals surface area contributed by atoms with Crippen LogP contribution in [0.1, 0.15) is 16.7 Å². The lowest BCUT2D eigenvalue weighted by Crippen LogP contribution is -2.29. The molecule has 1 heteroatoms. The first-order chi connectivity index (χ1) is 12.3. The average Bonchev–Trinajstić information content (AvgIpc) is 2.97. The number of benzene rings is 4. The minimum atomic E-state index is -0.558. The molecule has 0 fully saturated rings. The quantitative estimate of drug-likeness (QED) is 0.456. The molecule has 1 aliphatic carbocycles. The zero-order valence-corrected chi connectivity index (χ0v) is 14.1. The molecule has 0 saturated heterocycles. The largest absolute Gasteiger partial charge is 0.364 e. The molecular formula is C24H18O. The van der Waals surface area contributed by atoms with Gasteiger partial charge in [-0.25, -0.2) is 0 Å². The normalized spacial score (nSPS) is 18.1. The molecule has 0 bridgehead atoms. The van der Waals surface area contributed by atoms with Crippen molar-refractivity contribution in [2.24, 2.45) is 0 Å². The molecule has 0 N–H and O–H groups in total. The molecule has 0 aliphatic heterocycles. The van der Waals surface area contributed by atoms with Gasteiger partial charge in [0, 0.05) is 18.2 Å². The Morgan fingerprint density at radius 3 is 2.00 bits per heavy atom. The zero-order valence-electron chi connectivity index (χ0n) is 14.1. The molecule has 1 aliphatic rings. The van der Waals surface area contributed by atoms with Crippen molar-refractivity contribution in [1.29, 1.82) is 0 Å². The maximum Gasteiger partial charge on any atom is 0.144 e. The van der Waals surface area contributed by atoms with Crippen molar-refractivity contribution in [3.05, 3.63) is 108 Å². The summed E-state index contributed by atoms with van der Waals surface area (Å²) in [5.74, 6) is 0. The molecule has 120 valence electrons. The van der Waals surface area contributed by atoms with Gasteiger partial charge in [-0.1, -0.05) is 78.9 Å². The third-order valence-corrected chi connectivity index (χ3v) is 5.35. The first kappa shape index (κ1) is 14.4. The van der Waals surface area contributed by atoms with Crippen LogP contribution in [0.15, 0.2) is 91.0 Å². The molecule has 1 nitrogen and oxygen atoms in total. The number of methoxy groups -OCH3 is 1. The Morgan fingerprint density at radius 2 is 1.24 bits per heavy atom. The molecule has 0 aromatic heterocycles. The van der Waals surface area contributed by atoms with E-state index in [-0.39, 0.29) is 0 Å². The molecule has 0 heterocycles. The van der Waals surface area contributed by atoms with Gasteiger partial charge in [-0.2, -0.15) is 0 Å². The summed E-state index contributed by atoms with van der Waals surface area (Å²) in [7, 11) is 1.81. The highest BCUT2D eigenvalue weighted by Gasteiger charge is 2.45. The Hall–Kier alpha value is -2.90. The summed E-state index contributed by atoms with van der Waals surface area (Å²) in [6, 6.07) is 32.2. The fourth-order valence-corrected chi connectivity index (χ4v) is 4.25. The monoisotopic (exact) mass is 322 g/mol. The average molecular weight is 322 g/mol. The second-order valence-electron chi connectivity index (χ2n) is 6.54. The third kappa shape index (κ3) is 1.87. The van der Waals surface area contributed by atoms with Gasteiger partial charge in [-0.3, -0.25) is 0 Å². The van der Waals surface area contributed by atoms with Crippen LogP contribution in [0.3, 0.4) is 0 Å². The summed E-state index contributed by atoms with van der Waals surface area (Å²) >= 11 is 0. The van der Waals surface area contributed by atoms with E-state index in [0.717, 1.165) is 0 Å². The smallest absolute Gasteiger partial charge is 0.144 e. The molecular weight excluding hydrogens is 304 g/mol. The van der Waals surface area contributed by atoms with Gasteiger partial charge < -0.3 is 4.74 Å². The van der Waals surface area contributed by atoms with Crippen LogP contribution < -0.4 is 0 Å². The van der Waals surface area contributed by atoms with E-state index >= 15 is 0 Å². The van der Waals surface area contributed by atoms with Crippen LogP contribution in [0.4, 0.5) is 0 Å². The van der Waals surface area contributed by atoms with Gasteiger partial charge in [0.15, 0.2) is 0 Å². The molecule has 1 unspecified atom stereocenters. The molecule has 4 aromatic rings. The summed E-state index contributed by atoms with van der Waals surface area (Å²) in [6.45, 7) is 0. The molecule has 4 aromatic carbocycles. The molecule has 0 spiro atoms. The van der Waals surface area contributed by atoms with Crippen molar-refractivity contribution in [1.82, 2.24) is 0 Å². The van der Waals surface area contributed by atoms with E-state index in [1.807, 2.05) is 7.11 Å². The van der Waals surface area contributed by atoms with Gasteiger partial charge in [0.25, 0.3) is 0 Å². The Morgan fingerprint density at radius 1 is 0.600 bits per heavy atom. The number of hydrogen-bond acceptors (Lipinski definition) is 1. The van der Waals surface area contributed by atoms with E-state index in [2.05, 4.69) is 91.0 Å². The van der Waals surface area contributed by atoms with Crippen LogP contribution in [0, 0.1) is 0 Å². The van der Waals surface area contributed by atoms with Gasteiger partial charge in [-0.15, -0.1) is 0 Å². The number of hydrogen-bond donors (Lipinski definition) is 0. The number of rotatable bonds is 2. The first-order valence-corrected chi connectivity index (χ1v) is 8.58. The van der Waals surface area contributed by atoms with Crippen molar-refractivity contribution in [3.63, 3.8) is 0 Å². The SMILES string of the molecule is COC1(c2ccccc2)c2ccccc2-c2cc3ccccc3cc21. The van der Waals surface area contributed by atoms with Gasteiger partial charge in [0.1, 0.15) is 5.60 Å². The highest BCUT2D eigenvalue weighted by atomic mass is 16.5. The lowest BCUT2D eigenvalue weighted by molar-refractivity contribution is 0.0625. The maximum absolute atomic E-state index is 6.29.